The predicted octanol–water partition coefficient (Wildman–Crippen LogP) is -0.373. The van der Waals surface area contributed by atoms with Gasteiger partial charge in [0, 0.05) is 25.4 Å². The van der Waals surface area contributed by atoms with E-state index in [1.54, 1.807) is 22.9 Å². The summed E-state index contributed by atoms with van der Waals surface area (Å²) in [7, 11) is 0. The molecule has 0 atom stereocenters. The minimum absolute atomic E-state index is 0.244. The molecule has 9 heteroatoms. The van der Waals surface area contributed by atoms with E-state index in [1.165, 1.54) is 6.20 Å². The fraction of sp³-hybridized carbons (Fsp3) is 0.400. The van der Waals surface area contributed by atoms with Crippen molar-refractivity contribution in [2.45, 2.75) is 38.8 Å². The Bertz CT molecular complexity index is 795. The van der Waals surface area contributed by atoms with Gasteiger partial charge in [0.1, 0.15) is 12.4 Å². The molecule has 0 spiro atoms. The Morgan fingerprint density at radius 2 is 2.08 bits per heavy atom. The molecule has 2 aromatic rings. The first kappa shape index (κ1) is 15.9. The molecular formula is C15H18N6O3. The number of nitrogens with one attached hydrogen (secondary N) is 2. The summed E-state index contributed by atoms with van der Waals surface area (Å²) in [6, 6.07) is 3.19. The van der Waals surface area contributed by atoms with Crippen molar-refractivity contribution in [1.29, 1.82) is 0 Å². The lowest BCUT2D eigenvalue weighted by molar-refractivity contribution is -0.122. The molecule has 1 aliphatic heterocycles. The van der Waals surface area contributed by atoms with E-state index < -0.39 is 11.8 Å². The largest absolute Gasteiger partial charge is 0.346 e. The van der Waals surface area contributed by atoms with Gasteiger partial charge in [0.05, 0.1) is 5.56 Å². The van der Waals surface area contributed by atoms with Crippen molar-refractivity contribution in [2.75, 3.05) is 0 Å². The molecule has 2 amide bonds. The summed E-state index contributed by atoms with van der Waals surface area (Å²) in [6.45, 7) is 0.389. The molecule has 2 N–H and O–H groups in total. The Morgan fingerprint density at radius 3 is 2.88 bits per heavy atom. The highest BCUT2D eigenvalue weighted by atomic mass is 16.2. The number of fused-ring (bicyclic) bond motifs is 1. The van der Waals surface area contributed by atoms with E-state index in [0.717, 1.165) is 30.4 Å². The van der Waals surface area contributed by atoms with Crippen LogP contribution in [-0.4, -0.2) is 31.1 Å². The van der Waals surface area contributed by atoms with Crippen molar-refractivity contribution in [2.24, 2.45) is 0 Å². The fourth-order valence-electron chi connectivity index (χ4n) is 2.60. The summed E-state index contributed by atoms with van der Waals surface area (Å²) in [5.74, 6) is -0.295. The number of aryl methyl sites for hydroxylation is 1. The number of aromatic nitrogens is 4. The van der Waals surface area contributed by atoms with Crippen molar-refractivity contribution in [3.63, 3.8) is 0 Å². The number of amides is 2. The lowest BCUT2D eigenvalue weighted by Gasteiger charge is -2.06. The highest BCUT2D eigenvalue weighted by Crippen LogP contribution is 2.10. The molecule has 2 aromatic heterocycles. The van der Waals surface area contributed by atoms with E-state index in [1.807, 2.05) is 0 Å². The second kappa shape index (κ2) is 7.07. The summed E-state index contributed by atoms with van der Waals surface area (Å²) >= 11 is 0. The van der Waals surface area contributed by atoms with Crippen LogP contribution in [0.3, 0.4) is 0 Å². The Balaban J connectivity index is 1.59. The molecule has 0 fully saturated rings. The van der Waals surface area contributed by atoms with Crippen LogP contribution in [0.25, 0.3) is 0 Å². The van der Waals surface area contributed by atoms with E-state index in [9.17, 15) is 14.4 Å². The van der Waals surface area contributed by atoms with E-state index in [-0.39, 0.29) is 12.2 Å². The molecule has 1 aliphatic rings. The second-order valence-electron chi connectivity index (χ2n) is 5.56. The van der Waals surface area contributed by atoms with E-state index in [4.69, 9.17) is 0 Å². The lowest BCUT2D eigenvalue weighted by atomic mass is 10.2. The third-order valence-electron chi connectivity index (χ3n) is 3.81. The average molecular weight is 330 g/mol. The van der Waals surface area contributed by atoms with Crippen molar-refractivity contribution in [1.82, 2.24) is 30.2 Å². The summed E-state index contributed by atoms with van der Waals surface area (Å²) in [5.41, 5.74) is 4.59. The zero-order valence-electron chi connectivity index (χ0n) is 13.1. The Hall–Kier alpha value is -2.97. The molecule has 9 nitrogen and oxygen atoms in total. The molecule has 0 radical (unpaired) electrons. The van der Waals surface area contributed by atoms with Crippen LogP contribution < -0.4 is 16.5 Å². The molecular weight excluding hydrogens is 312 g/mol. The molecule has 0 aromatic carbocycles. The van der Waals surface area contributed by atoms with E-state index >= 15 is 0 Å². The first-order chi connectivity index (χ1) is 11.6. The number of carbonyl (C=O) groups is 2. The van der Waals surface area contributed by atoms with Gasteiger partial charge in [-0.15, -0.1) is 0 Å². The monoisotopic (exact) mass is 330 g/mol. The molecule has 0 saturated carbocycles. The zero-order valence-corrected chi connectivity index (χ0v) is 13.1. The van der Waals surface area contributed by atoms with E-state index in [0.29, 0.717) is 17.9 Å². The van der Waals surface area contributed by atoms with Crippen LogP contribution in [0.1, 0.15) is 35.4 Å². The van der Waals surface area contributed by atoms with Crippen LogP contribution in [0.5, 0.6) is 0 Å². The van der Waals surface area contributed by atoms with Crippen LogP contribution in [0, 0.1) is 0 Å². The Labute approximate surface area is 137 Å². The number of nitrogens with zero attached hydrogens (tertiary/aromatic N) is 4. The number of carbonyl (C=O) groups excluding carboxylic acids is 2. The molecule has 24 heavy (non-hydrogen) atoms. The van der Waals surface area contributed by atoms with Crippen LogP contribution in [0.4, 0.5) is 0 Å². The van der Waals surface area contributed by atoms with Gasteiger partial charge in [0.15, 0.2) is 0 Å². The third kappa shape index (κ3) is 3.50. The molecule has 0 bridgehead atoms. The van der Waals surface area contributed by atoms with Gasteiger partial charge in [0.2, 0.25) is 0 Å². The molecule has 3 rings (SSSR count). The molecule has 0 aliphatic carbocycles. The minimum atomic E-state index is -0.525. The van der Waals surface area contributed by atoms with Gasteiger partial charge in [-0.1, -0.05) is 6.42 Å². The lowest BCUT2D eigenvalue weighted by Crippen LogP contribution is -2.44. The number of hydrazine groups is 1. The predicted molar refractivity (Wildman–Crippen MR) is 83.9 cm³/mol. The molecule has 0 saturated heterocycles. The highest BCUT2D eigenvalue weighted by Gasteiger charge is 2.17. The Kier molecular flexibility index (Phi) is 4.69. The average Bonchev–Trinajstić information content (AvgIpc) is 2.78. The summed E-state index contributed by atoms with van der Waals surface area (Å²) in [4.78, 5) is 39.8. The number of pyridine rings is 1. The molecule has 0 unspecified atom stereocenters. The van der Waals surface area contributed by atoms with Gasteiger partial charge < -0.3 is 0 Å². The van der Waals surface area contributed by atoms with Gasteiger partial charge in [0.25, 0.3) is 11.8 Å². The smallest absolute Gasteiger partial charge is 0.279 e. The third-order valence-corrected chi connectivity index (χ3v) is 3.81. The van der Waals surface area contributed by atoms with Gasteiger partial charge in [-0.2, -0.15) is 5.10 Å². The minimum Gasteiger partial charge on any atom is -0.279 e. The van der Waals surface area contributed by atoms with Crippen LogP contribution >= 0.6 is 0 Å². The summed E-state index contributed by atoms with van der Waals surface area (Å²) in [5, 5.41) is 4.22. The first-order valence-electron chi connectivity index (χ1n) is 7.81. The number of hydrogen-bond acceptors (Lipinski definition) is 5. The maximum Gasteiger partial charge on any atom is 0.346 e. The van der Waals surface area contributed by atoms with Crippen molar-refractivity contribution < 1.29 is 9.59 Å². The SMILES string of the molecule is O=C(Cn1nc2n(c1=O)CCCCC2)NNC(=O)c1cccnc1. The maximum absolute atomic E-state index is 12.2. The van der Waals surface area contributed by atoms with Crippen molar-refractivity contribution >= 4 is 11.8 Å². The normalized spacial score (nSPS) is 13.7. The Morgan fingerprint density at radius 1 is 1.21 bits per heavy atom. The molecule has 3 heterocycles. The van der Waals surface area contributed by atoms with Gasteiger partial charge in [-0.25, -0.2) is 9.48 Å². The topological polar surface area (TPSA) is 111 Å². The highest BCUT2D eigenvalue weighted by molar-refractivity contribution is 5.94. The van der Waals surface area contributed by atoms with Gasteiger partial charge >= 0.3 is 5.69 Å². The fourth-order valence-corrected chi connectivity index (χ4v) is 2.60. The van der Waals surface area contributed by atoms with Gasteiger partial charge in [-0.3, -0.25) is 30.0 Å². The van der Waals surface area contributed by atoms with Crippen molar-refractivity contribution in [3.8, 4) is 0 Å². The first-order valence-corrected chi connectivity index (χ1v) is 7.81. The summed E-state index contributed by atoms with van der Waals surface area (Å²) in [6.07, 6.45) is 6.67. The van der Waals surface area contributed by atoms with E-state index in [2.05, 4.69) is 20.9 Å². The quantitative estimate of drug-likeness (QED) is 0.746. The zero-order chi connectivity index (χ0) is 16.9. The number of rotatable bonds is 3. The van der Waals surface area contributed by atoms with Gasteiger partial charge in [-0.05, 0) is 25.0 Å². The van der Waals surface area contributed by atoms with Crippen molar-refractivity contribution in [3.05, 3.63) is 46.4 Å². The van der Waals surface area contributed by atoms with Crippen LogP contribution in [0.2, 0.25) is 0 Å². The van der Waals surface area contributed by atoms with Crippen LogP contribution in [-0.2, 0) is 24.3 Å². The maximum atomic E-state index is 12.2. The number of hydrogen-bond donors (Lipinski definition) is 2. The second-order valence-corrected chi connectivity index (χ2v) is 5.56. The summed E-state index contributed by atoms with van der Waals surface area (Å²) < 4.78 is 2.75. The standard InChI is InChI=1S/C15H18N6O3/c22-13(17-18-14(23)11-5-4-7-16-9-11)10-21-15(24)20-8-3-1-2-6-12(20)19-21/h4-5,7,9H,1-3,6,8,10H2,(H,17,22)(H,18,23). The molecule has 126 valence electrons. The van der Waals surface area contributed by atoms with Crippen LogP contribution in [0.15, 0.2) is 29.3 Å².